The molecule has 2 aromatic heterocycles. The van der Waals surface area contributed by atoms with Crippen LogP contribution in [0.15, 0.2) is 32.3 Å². The van der Waals surface area contributed by atoms with Crippen LogP contribution >= 0.6 is 11.6 Å². The van der Waals surface area contributed by atoms with Crippen LogP contribution in [0.25, 0.3) is 0 Å². The molecule has 2 heterocycles. The Kier molecular flexibility index (Phi) is 5.24. The maximum atomic E-state index is 12.4. The third-order valence-electron chi connectivity index (χ3n) is 5.89. The molecule has 9 nitrogen and oxygen atoms in total. The normalized spacial score (nSPS) is 17.1. The van der Waals surface area contributed by atoms with Gasteiger partial charge in [0.25, 0.3) is 16.8 Å². The first-order valence-electron chi connectivity index (χ1n) is 10.1. The van der Waals surface area contributed by atoms with Gasteiger partial charge in [0, 0.05) is 20.3 Å². The minimum atomic E-state index is -0.726. The molecule has 1 aliphatic carbocycles. The zero-order chi connectivity index (χ0) is 23.4. The van der Waals surface area contributed by atoms with Crippen LogP contribution in [0.5, 0.6) is 5.75 Å². The number of aromatic hydroxyl groups is 1. The summed E-state index contributed by atoms with van der Waals surface area (Å²) in [6, 6.07) is 2.79. The largest absolute Gasteiger partial charge is 0.504 e. The van der Waals surface area contributed by atoms with Gasteiger partial charge in [0.05, 0.1) is 11.7 Å². The fourth-order valence-electron chi connectivity index (χ4n) is 3.92. The van der Waals surface area contributed by atoms with Crippen LogP contribution in [0.1, 0.15) is 48.1 Å². The van der Waals surface area contributed by atoms with E-state index in [-0.39, 0.29) is 39.4 Å². The van der Waals surface area contributed by atoms with Crippen LogP contribution in [0.4, 0.5) is 17.1 Å². The van der Waals surface area contributed by atoms with Crippen LogP contribution in [0, 0.1) is 5.41 Å². The van der Waals surface area contributed by atoms with E-state index in [1.807, 2.05) is 13.8 Å². The van der Waals surface area contributed by atoms with Crippen molar-refractivity contribution < 1.29 is 14.3 Å². The monoisotopic (exact) mass is 458 g/mol. The van der Waals surface area contributed by atoms with Crippen molar-refractivity contribution in [2.75, 3.05) is 24.7 Å². The van der Waals surface area contributed by atoms with E-state index in [9.17, 15) is 19.5 Å². The number of nitrogens with zero attached hydrogens (tertiary/aromatic N) is 2. The van der Waals surface area contributed by atoms with Crippen LogP contribution in [-0.2, 0) is 6.42 Å². The maximum Gasteiger partial charge on any atom is 0.275 e. The smallest absolute Gasteiger partial charge is 0.275 e. The second kappa shape index (κ2) is 7.67. The fourth-order valence-corrected chi connectivity index (χ4v) is 4.13. The van der Waals surface area contributed by atoms with Gasteiger partial charge in [0.2, 0.25) is 0 Å². The first-order valence-corrected chi connectivity index (χ1v) is 10.4. The lowest BCUT2D eigenvalue weighted by Crippen LogP contribution is -2.41. The lowest BCUT2D eigenvalue weighted by atomic mass is 9.73. The van der Waals surface area contributed by atoms with E-state index in [1.54, 1.807) is 6.07 Å². The van der Waals surface area contributed by atoms with Crippen LogP contribution < -0.4 is 21.5 Å². The molecule has 1 amide bonds. The third-order valence-corrected chi connectivity index (χ3v) is 6.07. The Bertz CT molecular complexity index is 1290. The first-order chi connectivity index (χ1) is 15.0. The lowest BCUT2D eigenvalue weighted by molar-refractivity contribution is 0.0819. The zero-order valence-corrected chi connectivity index (χ0v) is 18.8. The van der Waals surface area contributed by atoms with Gasteiger partial charge >= 0.3 is 0 Å². The molecule has 4 rings (SSSR count). The average Bonchev–Trinajstić information content (AvgIpc) is 3.12. The van der Waals surface area contributed by atoms with Gasteiger partial charge in [-0.1, -0.05) is 13.8 Å². The highest BCUT2D eigenvalue weighted by Gasteiger charge is 2.40. The Labute approximate surface area is 188 Å². The van der Waals surface area contributed by atoms with Gasteiger partial charge in [0.15, 0.2) is 16.7 Å². The second-order valence-electron chi connectivity index (χ2n) is 8.79. The predicted molar refractivity (Wildman–Crippen MR) is 121 cm³/mol. The van der Waals surface area contributed by atoms with Gasteiger partial charge in [-0.15, -0.1) is 0 Å². The summed E-state index contributed by atoms with van der Waals surface area (Å²) in [7, 11) is 3.06. The average molecular weight is 459 g/mol. The molecule has 32 heavy (non-hydrogen) atoms. The SMILES string of the molecule is CN(C)C(=O)c1nccc(Nc2c(N[C@@H]3c4oc(Cl)cc4CCC3(C)C)c(=O)c2=O)c1O. The van der Waals surface area contributed by atoms with E-state index < -0.39 is 22.5 Å². The molecular formula is C22H23ClN4O5. The zero-order valence-electron chi connectivity index (χ0n) is 18.1. The number of amides is 1. The summed E-state index contributed by atoms with van der Waals surface area (Å²) in [5, 5.41) is 16.7. The molecule has 0 aliphatic heterocycles. The van der Waals surface area contributed by atoms with Gasteiger partial charge < -0.3 is 25.1 Å². The van der Waals surface area contributed by atoms with Crippen molar-refractivity contribution in [1.82, 2.24) is 9.88 Å². The molecule has 3 N–H and O–H groups in total. The van der Waals surface area contributed by atoms with Crippen molar-refractivity contribution >= 4 is 34.6 Å². The number of anilines is 3. The number of aromatic nitrogens is 1. The number of nitrogens with one attached hydrogen (secondary N) is 2. The van der Waals surface area contributed by atoms with Crippen molar-refractivity contribution in [2.24, 2.45) is 5.41 Å². The van der Waals surface area contributed by atoms with Gasteiger partial charge in [-0.05, 0) is 47.6 Å². The lowest BCUT2D eigenvalue weighted by Gasteiger charge is -2.38. The summed E-state index contributed by atoms with van der Waals surface area (Å²) in [6.07, 6.45) is 2.95. The van der Waals surface area contributed by atoms with E-state index in [0.717, 1.165) is 18.4 Å². The van der Waals surface area contributed by atoms with Gasteiger partial charge in [-0.3, -0.25) is 14.4 Å². The number of halogens is 1. The van der Waals surface area contributed by atoms with E-state index in [1.165, 1.54) is 31.3 Å². The van der Waals surface area contributed by atoms with Crippen molar-refractivity contribution in [2.45, 2.75) is 32.7 Å². The fraction of sp³-hybridized carbons (Fsp3) is 0.364. The topological polar surface area (TPSA) is 125 Å². The molecule has 0 spiro atoms. The van der Waals surface area contributed by atoms with Gasteiger partial charge in [-0.2, -0.15) is 0 Å². The minimum absolute atomic E-state index is 0.000304. The van der Waals surface area contributed by atoms with Gasteiger partial charge in [0.1, 0.15) is 17.1 Å². The third kappa shape index (κ3) is 3.52. The molecule has 1 aromatic carbocycles. The Morgan fingerprint density at radius 1 is 1.28 bits per heavy atom. The van der Waals surface area contributed by atoms with Crippen molar-refractivity contribution in [3.8, 4) is 5.75 Å². The summed E-state index contributed by atoms with van der Waals surface area (Å²) in [6.45, 7) is 4.08. The molecule has 0 bridgehead atoms. The molecule has 0 saturated heterocycles. The van der Waals surface area contributed by atoms with E-state index in [4.69, 9.17) is 16.0 Å². The minimum Gasteiger partial charge on any atom is -0.504 e. The summed E-state index contributed by atoms with van der Waals surface area (Å²) >= 11 is 6.06. The Hall–Kier alpha value is -3.33. The molecular weight excluding hydrogens is 436 g/mol. The molecule has 0 saturated carbocycles. The number of hydrogen-bond donors (Lipinski definition) is 3. The number of carbonyl (C=O) groups is 1. The molecule has 168 valence electrons. The Morgan fingerprint density at radius 3 is 2.66 bits per heavy atom. The van der Waals surface area contributed by atoms with E-state index in [2.05, 4.69) is 15.6 Å². The quantitative estimate of drug-likeness (QED) is 0.498. The maximum absolute atomic E-state index is 12.4. The molecule has 0 radical (unpaired) electrons. The molecule has 3 aromatic rings. The van der Waals surface area contributed by atoms with Crippen LogP contribution in [-0.4, -0.2) is 35.0 Å². The number of furan rings is 1. The number of rotatable bonds is 5. The van der Waals surface area contributed by atoms with Crippen molar-refractivity contribution in [1.29, 1.82) is 0 Å². The second-order valence-corrected chi connectivity index (χ2v) is 9.17. The number of carbonyl (C=O) groups excluding carboxylic acids is 1. The van der Waals surface area contributed by atoms with Crippen LogP contribution in [0.2, 0.25) is 5.22 Å². The highest BCUT2D eigenvalue weighted by Crippen LogP contribution is 2.47. The standard InChI is InChI=1S/C22H23ClN4O5/c1-22(2)7-5-10-9-12(23)32-19(10)20(22)26-14-13(17(29)18(14)30)25-11-6-8-24-15(16(11)28)21(31)27(3)4/h6,8-9,20,26,28H,5,7H2,1-4H3,(H,24,25)/t20-/m1/s1. The van der Waals surface area contributed by atoms with E-state index in [0.29, 0.717) is 5.76 Å². The molecule has 0 fully saturated rings. The molecule has 10 heteroatoms. The first kappa shape index (κ1) is 21.9. The van der Waals surface area contributed by atoms with E-state index >= 15 is 0 Å². The number of pyridine rings is 1. The Morgan fingerprint density at radius 2 is 1.97 bits per heavy atom. The number of hydrogen-bond acceptors (Lipinski definition) is 8. The Balaban J connectivity index is 1.68. The van der Waals surface area contributed by atoms with Crippen LogP contribution in [0.3, 0.4) is 0 Å². The molecule has 1 atom stereocenters. The number of aryl methyl sites for hydroxylation is 1. The molecule has 0 unspecified atom stereocenters. The number of fused-ring (bicyclic) bond motifs is 1. The van der Waals surface area contributed by atoms with Crippen molar-refractivity contribution in [3.05, 3.63) is 61.0 Å². The highest BCUT2D eigenvalue weighted by molar-refractivity contribution is 6.29. The molecule has 1 aliphatic rings. The summed E-state index contributed by atoms with van der Waals surface area (Å²) in [5.74, 6) is -0.278. The summed E-state index contributed by atoms with van der Waals surface area (Å²) in [5.41, 5.74) is -0.720. The summed E-state index contributed by atoms with van der Waals surface area (Å²) in [4.78, 5) is 42.2. The van der Waals surface area contributed by atoms with Gasteiger partial charge in [-0.25, -0.2) is 4.98 Å². The highest BCUT2D eigenvalue weighted by atomic mass is 35.5. The van der Waals surface area contributed by atoms with Crippen molar-refractivity contribution in [3.63, 3.8) is 0 Å². The summed E-state index contributed by atoms with van der Waals surface area (Å²) < 4.78 is 5.70. The predicted octanol–water partition coefficient (Wildman–Crippen LogP) is 3.20.